The first kappa shape index (κ1) is 17.5. The Bertz CT molecular complexity index is 1110. The Morgan fingerprint density at radius 3 is 2.74 bits per heavy atom. The van der Waals surface area contributed by atoms with Crippen molar-refractivity contribution in [2.45, 2.75) is 20.8 Å². The summed E-state index contributed by atoms with van der Waals surface area (Å²) in [6.07, 6.45) is 0. The second kappa shape index (κ2) is 7.01. The Labute approximate surface area is 163 Å². The van der Waals surface area contributed by atoms with Crippen LogP contribution in [-0.4, -0.2) is 30.3 Å². The lowest BCUT2D eigenvalue weighted by molar-refractivity contribution is 0.103. The zero-order valence-electron chi connectivity index (χ0n) is 14.9. The monoisotopic (exact) mass is 396 g/mol. The second-order valence-corrected chi connectivity index (χ2v) is 7.76. The Hall–Kier alpha value is -2.91. The van der Waals surface area contributed by atoms with Gasteiger partial charge in [-0.3, -0.25) is 10.1 Å². The van der Waals surface area contributed by atoms with Crippen LogP contribution in [-0.2, 0) is 0 Å². The highest BCUT2D eigenvalue weighted by atomic mass is 32.1. The van der Waals surface area contributed by atoms with Gasteiger partial charge in [0.25, 0.3) is 5.91 Å². The number of amides is 1. The fraction of sp³-hybridized carbons (Fsp3) is 0.167. The van der Waals surface area contributed by atoms with Crippen molar-refractivity contribution >= 4 is 33.9 Å². The Kier molecular flexibility index (Phi) is 4.54. The van der Waals surface area contributed by atoms with Gasteiger partial charge in [-0.2, -0.15) is 9.36 Å². The number of nitrogens with one attached hydrogen (secondary N) is 1. The van der Waals surface area contributed by atoms with Crippen molar-refractivity contribution in [3.63, 3.8) is 0 Å². The van der Waals surface area contributed by atoms with E-state index in [1.807, 2.05) is 24.4 Å². The number of carbonyl (C=O) groups excluding carboxylic acids is 1. The zero-order valence-corrected chi connectivity index (χ0v) is 16.6. The number of hydrogen-bond acceptors (Lipinski definition) is 7. The van der Waals surface area contributed by atoms with E-state index in [1.165, 1.54) is 22.5 Å². The molecule has 0 fully saturated rings. The molecular weight excluding hydrogens is 380 g/mol. The van der Waals surface area contributed by atoms with E-state index < -0.39 is 0 Å². The minimum Gasteiger partial charge on any atom is -0.296 e. The molecule has 0 unspecified atom stereocenters. The molecule has 7 nitrogen and oxygen atoms in total. The Balaban J connectivity index is 1.60. The van der Waals surface area contributed by atoms with Crippen LogP contribution in [0, 0.1) is 20.8 Å². The predicted octanol–water partition coefficient (Wildman–Crippen LogP) is 4.02. The molecule has 0 saturated heterocycles. The molecule has 9 heteroatoms. The van der Waals surface area contributed by atoms with Gasteiger partial charge in [0.2, 0.25) is 5.13 Å². The normalized spacial score (nSPS) is 10.9. The maximum absolute atomic E-state index is 12.1. The molecule has 0 aliphatic rings. The number of thiophene rings is 1. The molecular formula is C18H16N6OS2. The molecule has 0 atom stereocenters. The van der Waals surface area contributed by atoms with Gasteiger partial charge in [-0.15, -0.1) is 16.4 Å². The van der Waals surface area contributed by atoms with Gasteiger partial charge in [0.15, 0.2) is 11.5 Å². The highest BCUT2D eigenvalue weighted by Gasteiger charge is 2.18. The third-order valence-electron chi connectivity index (χ3n) is 4.23. The van der Waals surface area contributed by atoms with Crippen LogP contribution in [0.2, 0.25) is 0 Å². The van der Waals surface area contributed by atoms with E-state index in [1.54, 1.807) is 10.7 Å². The molecule has 3 aromatic heterocycles. The summed E-state index contributed by atoms with van der Waals surface area (Å²) in [6, 6.07) is 9.74. The van der Waals surface area contributed by atoms with Crippen LogP contribution in [0.1, 0.15) is 26.5 Å². The lowest BCUT2D eigenvalue weighted by Crippen LogP contribution is -2.09. The van der Waals surface area contributed by atoms with Crippen LogP contribution in [0.15, 0.2) is 35.7 Å². The predicted molar refractivity (Wildman–Crippen MR) is 107 cm³/mol. The third kappa shape index (κ3) is 3.38. The largest absolute Gasteiger partial charge is 0.296 e. The van der Waals surface area contributed by atoms with Gasteiger partial charge in [-0.1, -0.05) is 17.3 Å². The average molecular weight is 397 g/mol. The molecule has 1 aromatic carbocycles. The lowest BCUT2D eigenvalue weighted by atomic mass is 10.1. The summed E-state index contributed by atoms with van der Waals surface area (Å²) >= 11 is 2.50. The quantitative estimate of drug-likeness (QED) is 0.563. The fourth-order valence-corrected chi connectivity index (χ4v) is 3.76. The van der Waals surface area contributed by atoms with Crippen LogP contribution in [0.4, 0.5) is 5.13 Å². The maximum Gasteiger partial charge on any atom is 0.267 e. The summed E-state index contributed by atoms with van der Waals surface area (Å²) in [5, 5.41) is 13.5. The van der Waals surface area contributed by atoms with Crippen molar-refractivity contribution < 1.29 is 4.79 Å². The van der Waals surface area contributed by atoms with E-state index in [4.69, 9.17) is 0 Å². The van der Waals surface area contributed by atoms with Crippen molar-refractivity contribution in [2.24, 2.45) is 0 Å². The van der Waals surface area contributed by atoms with E-state index in [0.29, 0.717) is 21.5 Å². The van der Waals surface area contributed by atoms with Gasteiger partial charge in [0.05, 0.1) is 16.3 Å². The van der Waals surface area contributed by atoms with Crippen molar-refractivity contribution in [3.05, 3.63) is 57.4 Å². The molecule has 4 aromatic rings. The van der Waals surface area contributed by atoms with E-state index in [9.17, 15) is 4.79 Å². The average Bonchev–Trinajstić information content (AvgIpc) is 3.38. The summed E-state index contributed by atoms with van der Waals surface area (Å²) < 4.78 is 6.09. The van der Waals surface area contributed by atoms with Crippen LogP contribution in [0.5, 0.6) is 0 Å². The molecule has 0 saturated carbocycles. The fourth-order valence-electron chi connectivity index (χ4n) is 2.58. The van der Waals surface area contributed by atoms with Crippen molar-refractivity contribution in [1.82, 2.24) is 24.4 Å². The molecule has 1 amide bonds. The molecule has 0 radical (unpaired) electrons. The molecule has 136 valence electrons. The molecule has 0 bridgehead atoms. The van der Waals surface area contributed by atoms with Crippen LogP contribution in [0.3, 0.4) is 0 Å². The maximum atomic E-state index is 12.1. The van der Waals surface area contributed by atoms with E-state index in [2.05, 4.69) is 51.0 Å². The Morgan fingerprint density at radius 1 is 1.15 bits per heavy atom. The molecule has 3 heterocycles. The van der Waals surface area contributed by atoms with E-state index >= 15 is 0 Å². The summed E-state index contributed by atoms with van der Waals surface area (Å²) in [7, 11) is 0. The lowest BCUT2D eigenvalue weighted by Gasteiger charge is -2.06. The van der Waals surface area contributed by atoms with Gasteiger partial charge in [-0.25, -0.2) is 4.68 Å². The highest BCUT2D eigenvalue weighted by Crippen LogP contribution is 2.25. The molecule has 0 aliphatic carbocycles. The molecule has 1 N–H and O–H groups in total. The number of carbonyl (C=O) groups is 1. The topological polar surface area (TPSA) is 85.6 Å². The zero-order chi connectivity index (χ0) is 19.0. The molecule has 4 rings (SSSR count). The first-order chi connectivity index (χ1) is 13.0. The second-order valence-electron chi connectivity index (χ2n) is 6.06. The summed E-state index contributed by atoms with van der Waals surface area (Å²) in [5.74, 6) is 0.261. The first-order valence-electron chi connectivity index (χ1n) is 8.22. The summed E-state index contributed by atoms with van der Waals surface area (Å²) in [5.41, 5.74) is 4.79. The smallest absolute Gasteiger partial charge is 0.267 e. The van der Waals surface area contributed by atoms with Crippen molar-refractivity contribution in [1.29, 1.82) is 0 Å². The molecule has 0 spiro atoms. The number of rotatable bonds is 4. The number of benzene rings is 1. The van der Waals surface area contributed by atoms with Crippen LogP contribution < -0.4 is 5.32 Å². The van der Waals surface area contributed by atoms with Crippen LogP contribution in [0.25, 0.3) is 17.2 Å². The number of nitrogens with zero attached hydrogens (tertiary/aromatic N) is 5. The highest BCUT2D eigenvalue weighted by molar-refractivity contribution is 7.12. The third-order valence-corrected chi connectivity index (χ3v) is 5.73. The number of aryl methyl sites for hydroxylation is 2. The number of aromatic nitrogens is 5. The minimum atomic E-state index is -0.191. The van der Waals surface area contributed by atoms with Gasteiger partial charge in [0.1, 0.15) is 0 Å². The van der Waals surface area contributed by atoms with Gasteiger partial charge in [-0.05, 0) is 55.5 Å². The molecule has 0 aliphatic heterocycles. The van der Waals surface area contributed by atoms with Gasteiger partial charge < -0.3 is 0 Å². The minimum absolute atomic E-state index is 0.191. The SMILES string of the molecule is Cc1ccc(-n2nnc(-c3nsc(NC(=O)c4cccs4)n3)c2C)cc1C. The summed E-state index contributed by atoms with van der Waals surface area (Å²) in [6.45, 7) is 6.07. The Morgan fingerprint density at radius 2 is 2.00 bits per heavy atom. The number of anilines is 1. The van der Waals surface area contributed by atoms with E-state index in [-0.39, 0.29) is 5.91 Å². The van der Waals surface area contributed by atoms with Gasteiger partial charge >= 0.3 is 0 Å². The first-order valence-corrected chi connectivity index (χ1v) is 9.87. The standard InChI is InChI=1S/C18H16N6OS2/c1-10-6-7-13(9-11(10)2)24-12(3)15(21-23-24)16-19-18(27-22-16)20-17(25)14-5-4-8-26-14/h4-9H,1-3H3,(H,19,20,22,25). The summed E-state index contributed by atoms with van der Waals surface area (Å²) in [4.78, 5) is 17.2. The van der Waals surface area contributed by atoms with Gasteiger partial charge in [0, 0.05) is 11.5 Å². The van der Waals surface area contributed by atoms with E-state index in [0.717, 1.165) is 22.9 Å². The van der Waals surface area contributed by atoms with Crippen molar-refractivity contribution in [2.75, 3.05) is 5.32 Å². The van der Waals surface area contributed by atoms with Crippen molar-refractivity contribution in [3.8, 4) is 17.2 Å². The number of hydrogen-bond donors (Lipinski definition) is 1. The van der Waals surface area contributed by atoms with Crippen LogP contribution >= 0.6 is 22.9 Å². The molecule has 27 heavy (non-hydrogen) atoms.